The van der Waals surface area contributed by atoms with Crippen molar-refractivity contribution in [2.24, 2.45) is 0 Å². The van der Waals surface area contributed by atoms with Gasteiger partial charge < -0.3 is 4.74 Å². The number of fused-ring (bicyclic) bond motifs is 1. The van der Waals surface area contributed by atoms with Crippen molar-refractivity contribution in [1.82, 2.24) is 10.9 Å². The van der Waals surface area contributed by atoms with Crippen LogP contribution >= 0.6 is 11.3 Å². The number of hydrogen-bond acceptors (Lipinski definition) is 6. The van der Waals surface area contributed by atoms with E-state index in [9.17, 15) is 18.0 Å². The second-order valence-electron chi connectivity index (χ2n) is 7.84. The number of methoxy groups -OCH3 is 1. The number of benzene rings is 2. The summed E-state index contributed by atoms with van der Waals surface area (Å²) >= 11 is 1.42. The summed E-state index contributed by atoms with van der Waals surface area (Å²) in [4.78, 5) is 26.6. The highest BCUT2D eigenvalue weighted by atomic mass is 32.2. The lowest BCUT2D eigenvalue weighted by molar-refractivity contribution is 0.0848. The first-order valence-corrected chi connectivity index (χ1v) is 13.1. The Morgan fingerprint density at radius 1 is 1.00 bits per heavy atom. The molecule has 8 nitrogen and oxygen atoms in total. The lowest BCUT2D eigenvalue weighted by Crippen LogP contribution is -2.41. The van der Waals surface area contributed by atoms with Crippen LogP contribution in [0, 0.1) is 0 Å². The summed E-state index contributed by atoms with van der Waals surface area (Å²) in [6.07, 6.45) is 3.87. The number of thiophene rings is 1. The molecule has 0 saturated carbocycles. The van der Waals surface area contributed by atoms with Crippen LogP contribution in [0.5, 0.6) is 5.75 Å². The zero-order valence-electron chi connectivity index (χ0n) is 18.8. The first-order chi connectivity index (χ1) is 16.3. The summed E-state index contributed by atoms with van der Waals surface area (Å²) in [6.45, 7) is 2.01. The van der Waals surface area contributed by atoms with Crippen LogP contribution in [0.4, 0.5) is 5.69 Å². The van der Waals surface area contributed by atoms with Crippen LogP contribution in [0.3, 0.4) is 0 Å². The maximum atomic E-state index is 13.0. The number of rotatable bonds is 7. The molecular formula is C24H25N3O5S2. The fraction of sp³-hybridized carbons (Fsp3) is 0.250. The maximum absolute atomic E-state index is 13.0. The Hall–Kier alpha value is -3.37. The van der Waals surface area contributed by atoms with Crippen LogP contribution in [-0.4, -0.2) is 27.3 Å². The van der Waals surface area contributed by atoms with Crippen LogP contribution in [0.1, 0.15) is 49.4 Å². The Kier molecular flexibility index (Phi) is 6.90. The molecule has 3 aromatic rings. The molecule has 0 fully saturated rings. The van der Waals surface area contributed by atoms with Gasteiger partial charge in [0.2, 0.25) is 0 Å². The number of anilines is 1. The topological polar surface area (TPSA) is 114 Å². The summed E-state index contributed by atoms with van der Waals surface area (Å²) < 4.78 is 33.8. The van der Waals surface area contributed by atoms with E-state index in [2.05, 4.69) is 15.6 Å². The van der Waals surface area contributed by atoms with Gasteiger partial charge >= 0.3 is 0 Å². The molecule has 34 heavy (non-hydrogen) atoms. The monoisotopic (exact) mass is 499 g/mol. The van der Waals surface area contributed by atoms with Gasteiger partial charge in [0, 0.05) is 16.1 Å². The van der Waals surface area contributed by atoms with Crippen molar-refractivity contribution in [3.05, 3.63) is 75.0 Å². The Bertz CT molecular complexity index is 1310. The van der Waals surface area contributed by atoms with Gasteiger partial charge in [0.1, 0.15) is 10.6 Å². The molecule has 178 valence electrons. The molecule has 0 saturated heterocycles. The number of amides is 2. The smallest absolute Gasteiger partial charge is 0.279 e. The molecule has 0 spiro atoms. The van der Waals surface area contributed by atoms with Gasteiger partial charge in [0.05, 0.1) is 12.0 Å². The minimum Gasteiger partial charge on any atom is -0.495 e. The molecule has 10 heteroatoms. The summed E-state index contributed by atoms with van der Waals surface area (Å²) in [7, 11) is -2.70. The summed E-state index contributed by atoms with van der Waals surface area (Å²) in [6, 6.07) is 12.9. The van der Waals surface area contributed by atoms with E-state index < -0.39 is 21.8 Å². The summed E-state index contributed by atoms with van der Waals surface area (Å²) in [5, 5.41) is 0. The zero-order valence-corrected chi connectivity index (χ0v) is 20.4. The molecule has 1 aromatic heterocycles. The molecule has 2 amide bonds. The van der Waals surface area contributed by atoms with Gasteiger partial charge in [-0.1, -0.05) is 19.1 Å². The zero-order chi connectivity index (χ0) is 24.3. The molecule has 0 aliphatic heterocycles. The molecule has 2 aromatic carbocycles. The van der Waals surface area contributed by atoms with E-state index in [0.717, 1.165) is 31.2 Å². The number of carbonyl (C=O) groups excluding carboxylic acids is 2. The average molecular weight is 500 g/mol. The second-order valence-corrected chi connectivity index (χ2v) is 10.6. The quantitative estimate of drug-likeness (QED) is 0.429. The predicted octanol–water partition coefficient (Wildman–Crippen LogP) is 3.68. The standard InChI is InChI=1S/C24H25N3O5S2/c1-3-15-7-10-18(11-8-15)27-34(30,31)22-14-17(9-12-19(22)32-2)23(28)25-26-24(29)21-13-16-5-4-6-20(16)33-21/h7-14,27H,3-6H2,1-2H3,(H,25,28)(H,26,29). The van der Waals surface area contributed by atoms with Crippen molar-refractivity contribution in [2.45, 2.75) is 37.5 Å². The van der Waals surface area contributed by atoms with Gasteiger partial charge in [0.25, 0.3) is 21.8 Å². The number of carbonyl (C=O) groups is 2. The summed E-state index contributed by atoms with van der Waals surface area (Å²) in [5.41, 5.74) is 7.46. The highest BCUT2D eigenvalue weighted by molar-refractivity contribution is 7.92. The van der Waals surface area contributed by atoms with Crippen molar-refractivity contribution < 1.29 is 22.7 Å². The van der Waals surface area contributed by atoms with Gasteiger partial charge in [-0.25, -0.2) is 8.42 Å². The Balaban J connectivity index is 1.48. The first-order valence-electron chi connectivity index (χ1n) is 10.8. The lowest BCUT2D eigenvalue weighted by atomic mass is 10.2. The first kappa shape index (κ1) is 23.8. The molecular weight excluding hydrogens is 474 g/mol. The van der Waals surface area contributed by atoms with Crippen LogP contribution in [-0.2, 0) is 29.3 Å². The van der Waals surface area contributed by atoms with Crippen molar-refractivity contribution >= 4 is 38.9 Å². The van der Waals surface area contributed by atoms with Gasteiger partial charge in [-0.05, 0) is 73.2 Å². The van der Waals surface area contributed by atoms with Crippen molar-refractivity contribution in [2.75, 3.05) is 11.8 Å². The third-order valence-corrected chi connectivity index (χ3v) is 8.23. The fourth-order valence-corrected chi connectivity index (χ4v) is 6.14. The highest BCUT2D eigenvalue weighted by Gasteiger charge is 2.23. The van der Waals surface area contributed by atoms with Crippen LogP contribution < -0.4 is 20.3 Å². The van der Waals surface area contributed by atoms with Crippen LogP contribution in [0.2, 0.25) is 0 Å². The average Bonchev–Trinajstić information content (AvgIpc) is 3.45. The number of ether oxygens (including phenoxy) is 1. The molecule has 1 aliphatic carbocycles. The van der Waals surface area contributed by atoms with Crippen molar-refractivity contribution in [3.8, 4) is 5.75 Å². The maximum Gasteiger partial charge on any atom is 0.279 e. The van der Waals surface area contributed by atoms with E-state index in [1.54, 1.807) is 12.1 Å². The van der Waals surface area contributed by atoms with E-state index in [0.29, 0.717) is 10.6 Å². The largest absolute Gasteiger partial charge is 0.495 e. The third-order valence-electron chi connectivity index (χ3n) is 5.59. The minimum absolute atomic E-state index is 0.0523. The fourth-order valence-electron chi connectivity index (χ4n) is 3.73. The van der Waals surface area contributed by atoms with Crippen molar-refractivity contribution in [1.29, 1.82) is 0 Å². The van der Waals surface area contributed by atoms with Crippen LogP contribution in [0.25, 0.3) is 0 Å². The molecule has 0 radical (unpaired) electrons. The Labute approximate surface area is 202 Å². The minimum atomic E-state index is -4.05. The van der Waals surface area contributed by atoms with Crippen molar-refractivity contribution in [3.63, 3.8) is 0 Å². The van der Waals surface area contributed by atoms with E-state index in [4.69, 9.17) is 4.74 Å². The molecule has 0 unspecified atom stereocenters. The predicted molar refractivity (Wildman–Crippen MR) is 131 cm³/mol. The Morgan fingerprint density at radius 3 is 2.41 bits per heavy atom. The van der Waals surface area contributed by atoms with E-state index in [-0.39, 0.29) is 16.2 Å². The summed E-state index contributed by atoms with van der Waals surface area (Å²) in [5.74, 6) is -0.971. The lowest BCUT2D eigenvalue weighted by Gasteiger charge is -2.14. The molecule has 1 heterocycles. The number of sulfonamides is 1. The molecule has 1 aliphatic rings. The molecule has 4 rings (SSSR count). The van der Waals surface area contributed by atoms with Gasteiger partial charge in [-0.3, -0.25) is 25.2 Å². The highest BCUT2D eigenvalue weighted by Crippen LogP contribution is 2.30. The van der Waals surface area contributed by atoms with E-state index in [1.165, 1.54) is 47.1 Å². The van der Waals surface area contributed by atoms with E-state index in [1.807, 2.05) is 25.1 Å². The molecule has 0 atom stereocenters. The SMILES string of the molecule is CCc1ccc(NS(=O)(=O)c2cc(C(=O)NNC(=O)c3cc4c(s3)CCC4)ccc2OC)cc1. The van der Waals surface area contributed by atoms with E-state index >= 15 is 0 Å². The number of hydrogen-bond donors (Lipinski definition) is 3. The number of hydrazine groups is 1. The van der Waals surface area contributed by atoms with Gasteiger partial charge in [0.15, 0.2) is 0 Å². The van der Waals surface area contributed by atoms with Crippen LogP contribution in [0.15, 0.2) is 53.4 Å². The normalized spacial score (nSPS) is 12.6. The number of aryl methyl sites for hydroxylation is 3. The Morgan fingerprint density at radius 2 is 1.74 bits per heavy atom. The molecule has 3 N–H and O–H groups in total. The molecule has 0 bridgehead atoms. The van der Waals surface area contributed by atoms with Gasteiger partial charge in [-0.15, -0.1) is 11.3 Å². The second kappa shape index (κ2) is 9.86. The van der Waals surface area contributed by atoms with Gasteiger partial charge in [-0.2, -0.15) is 0 Å². The third kappa shape index (κ3) is 5.07. The number of nitrogens with one attached hydrogen (secondary N) is 3.